The minimum absolute atomic E-state index is 0.0207. The fourth-order valence-corrected chi connectivity index (χ4v) is 2.16. The zero-order valence-electron chi connectivity index (χ0n) is 12.3. The minimum atomic E-state index is -4.38. The van der Waals surface area contributed by atoms with E-state index < -0.39 is 37.0 Å². The number of rotatable bonds is 4. The van der Waals surface area contributed by atoms with Crippen molar-refractivity contribution in [3.8, 4) is 5.75 Å². The van der Waals surface area contributed by atoms with Gasteiger partial charge in [0.05, 0.1) is 32.0 Å². The number of hydrogen-bond donors (Lipinski definition) is 1. The van der Waals surface area contributed by atoms with Crippen molar-refractivity contribution < 1.29 is 27.5 Å². The third kappa shape index (κ3) is 4.54. The van der Waals surface area contributed by atoms with Gasteiger partial charge >= 0.3 is 6.18 Å². The van der Waals surface area contributed by atoms with Crippen LogP contribution in [-0.2, 0) is 9.59 Å². The van der Waals surface area contributed by atoms with Gasteiger partial charge in [0.25, 0.3) is 0 Å². The van der Waals surface area contributed by atoms with Crippen LogP contribution >= 0.6 is 0 Å². The van der Waals surface area contributed by atoms with Crippen LogP contribution in [0.5, 0.6) is 5.75 Å². The number of hydrogen-bond acceptors (Lipinski definition) is 5. The number of amides is 2. The Balaban J connectivity index is 1.93. The van der Waals surface area contributed by atoms with E-state index in [1.807, 2.05) is 0 Å². The Bertz CT molecular complexity index is 577. The van der Waals surface area contributed by atoms with Gasteiger partial charge in [-0.05, 0) is 6.42 Å². The molecule has 10 heteroatoms. The van der Waals surface area contributed by atoms with Gasteiger partial charge in [-0.2, -0.15) is 13.2 Å². The van der Waals surface area contributed by atoms with E-state index in [9.17, 15) is 22.8 Å². The fourth-order valence-electron chi connectivity index (χ4n) is 2.16. The molecule has 1 N–H and O–H groups in total. The lowest BCUT2D eigenvalue weighted by Gasteiger charge is -2.33. The first-order valence-electron chi connectivity index (χ1n) is 6.80. The molecule has 2 heterocycles. The summed E-state index contributed by atoms with van der Waals surface area (Å²) in [7, 11) is 1.43. The predicted octanol–water partition coefficient (Wildman–Crippen LogP) is 1.22. The van der Waals surface area contributed by atoms with E-state index in [1.165, 1.54) is 19.5 Å². The van der Waals surface area contributed by atoms with E-state index in [-0.39, 0.29) is 18.8 Å². The van der Waals surface area contributed by atoms with E-state index in [4.69, 9.17) is 4.74 Å². The van der Waals surface area contributed by atoms with Gasteiger partial charge in [-0.1, -0.05) is 0 Å². The van der Waals surface area contributed by atoms with Crippen molar-refractivity contribution in [3.63, 3.8) is 0 Å². The molecule has 1 aromatic rings. The van der Waals surface area contributed by atoms with E-state index in [0.717, 1.165) is 4.90 Å². The zero-order valence-corrected chi connectivity index (χ0v) is 12.3. The summed E-state index contributed by atoms with van der Waals surface area (Å²) in [4.78, 5) is 32.0. The molecule has 1 atom stereocenters. The average Bonchev–Trinajstić information content (AvgIpc) is 2.49. The van der Waals surface area contributed by atoms with Gasteiger partial charge in [0.1, 0.15) is 0 Å². The first kappa shape index (κ1) is 17.0. The van der Waals surface area contributed by atoms with Crippen LogP contribution in [0, 0.1) is 5.92 Å². The quantitative estimate of drug-likeness (QED) is 0.896. The SMILES string of the molecule is COc1cnc(NC(=O)CN2CC(C(F)(F)F)CCC2=O)nc1. The summed E-state index contributed by atoms with van der Waals surface area (Å²) in [6.07, 6.45) is -2.20. The second-order valence-corrected chi connectivity index (χ2v) is 5.05. The number of alkyl halides is 3. The number of halogens is 3. The van der Waals surface area contributed by atoms with Crippen molar-refractivity contribution in [1.29, 1.82) is 0 Å². The Labute approximate surface area is 129 Å². The Hall–Kier alpha value is -2.39. The Kier molecular flexibility index (Phi) is 5.02. The molecule has 1 unspecified atom stereocenters. The van der Waals surface area contributed by atoms with E-state index in [1.54, 1.807) is 0 Å². The third-order valence-electron chi connectivity index (χ3n) is 3.41. The summed E-state index contributed by atoms with van der Waals surface area (Å²) in [6, 6.07) is 0. The normalized spacial score (nSPS) is 18.7. The number of piperidine rings is 1. The van der Waals surface area contributed by atoms with Gasteiger partial charge in [-0.3, -0.25) is 14.9 Å². The van der Waals surface area contributed by atoms with Crippen molar-refractivity contribution in [2.45, 2.75) is 19.0 Å². The van der Waals surface area contributed by atoms with Gasteiger partial charge in [0.2, 0.25) is 17.8 Å². The first-order valence-corrected chi connectivity index (χ1v) is 6.80. The van der Waals surface area contributed by atoms with Crippen molar-refractivity contribution in [2.75, 3.05) is 25.5 Å². The number of ether oxygens (including phenoxy) is 1. The molecule has 126 valence electrons. The second-order valence-electron chi connectivity index (χ2n) is 5.05. The molecular formula is C13H15F3N4O3. The molecular weight excluding hydrogens is 317 g/mol. The topological polar surface area (TPSA) is 84.4 Å². The number of methoxy groups -OCH3 is 1. The minimum Gasteiger partial charge on any atom is -0.494 e. The Morgan fingerprint density at radius 2 is 2.09 bits per heavy atom. The van der Waals surface area contributed by atoms with Crippen LogP contribution < -0.4 is 10.1 Å². The molecule has 0 aliphatic carbocycles. The number of nitrogens with zero attached hydrogens (tertiary/aromatic N) is 3. The van der Waals surface area contributed by atoms with Crippen molar-refractivity contribution >= 4 is 17.8 Å². The molecule has 2 rings (SSSR count). The molecule has 2 amide bonds. The van der Waals surface area contributed by atoms with Gasteiger partial charge in [-0.15, -0.1) is 0 Å². The van der Waals surface area contributed by atoms with Gasteiger partial charge in [0.15, 0.2) is 5.75 Å². The molecule has 1 aliphatic heterocycles. The van der Waals surface area contributed by atoms with Gasteiger partial charge < -0.3 is 9.64 Å². The van der Waals surface area contributed by atoms with Gasteiger partial charge in [-0.25, -0.2) is 9.97 Å². The number of carbonyl (C=O) groups is 2. The molecule has 7 nitrogen and oxygen atoms in total. The maximum Gasteiger partial charge on any atom is 0.393 e. The fraction of sp³-hybridized carbons (Fsp3) is 0.538. The van der Waals surface area contributed by atoms with Crippen LogP contribution in [0.1, 0.15) is 12.8 Å². The smallest absolute Gasteiger partial charge is 0.393 e. The molecule has 1 aromatic heterocycles. The maximum absolute atomic E-state index is 12.7. The van der Waals surface area contributed by atoms with Crippen molar-refractivity contribution in [3.05, 3.63) is 12.4 Å². The number of anilines is 1. The van der Waals surface area contributed by atoms with Crippen LogP contribution in [0.25, 0.3) is 0 Å². The molecule has 0 radical (unpaired) electrons. The summed E-state index contributed by atoms with van der Waals surface area (Å²) in [5, 5.41) is 2.32. The van der Waals surface area contributed by atoms with Crippen LogP contribution in [-0.4, -0.2) is 53.1 Å². The molecule has 0 saturated carbocycles. The molecule has 0 bridgehead atoms. The lowest BCUT2D eigenvalue weighted by molar-refractivity contribution is -0.189. The summed E-state index contributed by atoms with van der Waals surface area (Å²) in [5.41, 5.74) is 0. The van der Waals surface area contributed by atoms with Crippen molar-refractivity contribution in [1.82, 2.24) is 14.9 Å². The van der Waals surface area contributed by atoms with E-state index in [0.29, 0.717) is 5.75 Å². The monoisotopic (exact) mass is 332 g/mol. The molecule has 1 aliphatic rings. The predicted molar refractivity (Wildman–Crippen MR) is 72.6 cm³/mol. The van der Waals surface area contributed by atoms with Gasteiger partial charge in [0, 0.05) is 13.0 Å². The van der Waals surface area contributed by atoms with E-state index >= 15 is 0 Å². The standard InChI is InChI=1S/C13H15F3N4O3/c1-23-9-4-17-12(18-5-9)19-10(21)7-20-6-8(13(14,15)16)2-3-11(20)22/h4-5,8H,2-3,6-7H2,1H3,(H,17,18,19,21). The molecule has 23 heavy (non-hydrogen) atoms. The highest BCUT2D eigenvalue weighted by Crippen LogP contribution is 2.33. The summed E-state index contributed by atoms with van der Waals surface area (Å²) in [5.74, 6) is -2.37. The Morgan fingerprint density at radius 1 is 1.43 bits per heavy atom. The summed E-state index contributed by atoms with van der Waals surface area (Å²) < 4.78 is 43.0. The first-order chi connectivity index (χ1) is 10.8. The van der Waals surface area contributed by atoms with Crippen LogP contribution in [0.2, 0.25) is 0 Å². The number of likely N-dealkylation sites (tertiary alicyclic amines) is 1. The molecule has 0 aromatic carbocycles. The lowest BCUT2D eigenvalue weighted by Crippen LogP contribution is -2.47. The summed E-state index contributed by atoms with van der Waals surface area (Å²) in [6.45, 7) is -0.986. The Morgan fingerprint density at radius 3 is 2.65 bits per heavy atom. The molecule has 1 fully saturated rings. The highest BCUT2D eigenvalue weighted by atomic mass is 19.4. The summed E-state index contributed by atoms with van der Waals surface area (Å²) >= 11 is 0. The zero-order chi connectivity index (χ0) is 17.0. The average molecular weight is 332 g/mol. The number of aromatic nitrogens is 2. The van der Waals surface area contributed by atoms with E-state index in [2.05, 4.69) is 15.3 Å². The maximum atomic E-state index is 12.7. The highest BCUT2D eigenvalue weighted by Gasteiger charge is 2.43. The number of nitrogens with one attached hydrogen (secondary N) is 1. The van der Waals surface area contributed by atoms with Crippen LogP contribution in [0.3, 0.4) is 0 Å². The van der Waals surface area contributed by atoms with Crippen molar-refractivity contribution in [2.24, 2.45) is 5.92 Å². The number of carbonyl (C=O) groups excluding carboxylic acids is 2. The largest absolute Gasteiger partial charge is 0.494 e. The highest BCUT2D eigenvalue weighted by molar-refractivity contribution is 5.93. The lowest BCUT2D eigenvalue weighted by atomic mass is 9.97. The molecule has 1 saturated heterocycles. The van der Waals surface area contributed by atoms with Crippen LogP contribution in [0.15, 0.2) is 12.4 Å². The molecule has 0 spiro atoms. The second kappa shape index (κ2) is 6.80. The third-order valence-corrected chi connectivity index (χ3v) is 3.41. The van der Waals surface area contributed by atoms with Crippen LogP contribution in [0.4, 0.5) is 19.1 Å².